The summed E-state index contributed by atoms with van der Waals surface area (Å²) >= 11 is 0. The molecule has 2 fully saturated rings. The minimum Gasteiger partial charge on any atom is -0.300 e. The highest BCUT2D eigenvalue weighted by Crippen LogP contribution is 2.37. The first-order chi connectivity index (χ1) is 11.1. The molecule has 0 atom stereocenters. The van der Waals surface area contributed by atoms with Crippen LogP contribution in [0.1, 0.15) is 115 Å². The normalized spacial score (nSPS) is 21.0. The minimum atomic E-state index is 0.625. The van der Waals surface area contributed by atoms with Gasteiger partial charge in [-0.25, -0.2) is 0 Å². The van der Waals surface area contributed by atoms with Crippen molar-refractivity contribution in [3.05, 3.63) is 0 Å². The van der Waals surface area contributed by atoms with Gasteiger partial charge in [0.1, 0.15) is 0 Å². The Morgan fingerprint density at radius 1 is 0.652 bits per heavy atom. The van der Waals surface area contributed by atoms with Gasteiger partial charge in [-0.2, -0.15) is 0 Å². The number of nitrogens with zero attached hydrogens (tertiary/aromatic N) is 1. The highest BCUT2D eigenvalue weighted by molar-refractivity contribution is 4.85. The molecule has 0 bridgehead atoms. The predicted octanol–water partition coefficient (Wildman–Crippen LogP) is 7.79. The van der Waals surface area contributed by atoms with E-state index < -0.39 is 0 Å². The lowest BCUT2D eigenvalue weighted by Crippen LogP contribution is -2.43. The van der Waals surface area contributed by atoms with Crippen molar-refractivity contribution in [2.75, 3.05) is 13.1 Å². The van der Waals surface area contributed by atoms with Gasteiger partial charge in [0, 0.05) is 6.04 Å². The summed E-state index contributed by atoms with van der Waals surface area (Å²) in [5.41, 5.74) is 0.625. The molecule has 1 heteroatoms. The van der Waals surface area contributed by atoms with E-state index in [0.29, 0.717) is 5.41 Å². The van der Waals surface area contributed by atoms with E-state index in [2.05, 4.69) is 25.7 Å². The van der Waals surface area contributed by atoms with Crippen molar-refractivity contribution in [1.29, 1.82) is 0 Å². The van der Waals surface area contributed by atoms with Crippen molar-refractivity contribution < 1.29 is 0 Å². The average molecular weight is 330 g/mol. The van der Waals surface area contributed by atoms with Crippen LogP contribution in [0.25, 0.3) is 0 Å². The molecular formula is C22H51N. The fourth-order valence-corrected chi connectivity index (χ4v) is 3.14. The van der Waals surface area contributed by atoms with Crippen LogP contribution in [-0.4, -0.2) is 24.0 Å². The molecule has 144 valence electrons. The van der Waals surface area contributed by atoms with Crippen molar-refractivity contribution in [3.8, 4) is 0 Å². The van der Waals surface area contributed by atoms with Crippen LogP contribution in [-0.2, 0) is 0 Å². The Bertz CT molecular complexity index is 192. The second-order valence-electron chi connectivity index (χ2n) is 6.61. The van der Waals surface area contributed by atoms with Crippen LogP contribution in [0.5, 0.6) is 0 Å². The minimum absolute atomic E-state index is 0.625. The molecule has 1 aliphatic carbocycles. The number of hydrogen-bond acceptors (Lipinski definition) is 1. The SMILES string of the molecule is CC.CC.CC.CC.CC1CCN(C2CCC(C)(C)CC2)CC1. The number of rotatable bonds is 1. The standard InChI is InChI=1S/C14H27N.4C2H6/c1-12-6-10-15(11-7-12)13-4-8-14(2,3)9-5-13;4*1-2/h12-13H,4-11H2,1-3H3;4*1-2H3. The van der Waals surface area contributed by atoms with Gasteiger partial charge in [-0.1, -0.05) is 76.2 Å². The second kappa shape index (κ2) is 18.3. The molecule has 0 amide bonds. The van der Waals surface area contributed by atoms with Crippen molar-refractivity contribution in [2.45, 2.75) is 121 Å². The average Bonchev–Trinajstić information content (AvgIpc) is 2.63. The van der Waals surface area contributed by atoms with Gasteiger partial charge in [-0.3, -0.25) is 0 Å². The van der Waals surface area contributed by atoms with Crippen molar-refractivity contribution in [3.63, 3.8) is 0 Å². The quantitative estimate of drug-likeness (QED) is 0.474. The van der Waals surface area contributed by atoms with E-state index >= 15 is 0 Å². The number of likely N-dealkylation sites (tertiary alicyclic amines) is 1. The Labute approximate surface area is 150 Å². The van der Waals surface area contributed by atoms with Gasteiger partial charge in [0.15, 0.2) is 0 Å². The van der Waals surface area contributed by atoms with Gasteiger partial charge in [0.25, 0.3) is 0 Å². The summed E-state index contributed by atoms with van der Waals surface area (Å²) in [4.78, 5) is 2.77. The van der Waals surface area contributed by atoms with Gasteiger partial charge >= 0.3 is 0 Å². The summed E-state index contributed by atoms with van der Waals surface area (Å²) in [6.45, 7) is 26.0. The molecule has 23 heavy (non-hydrogen) atoms. The lowest BCUT2D eigenvalue weighted by molar-refractivity contribution is 0.0785. The van der Waals surface area contributed by atoms with Crippen LogP contribution in [0.4, 0.5) is 0 Å². The molecule has 0 aromatic heterocycles. The number of hydrogen-bond donors (Lipinski definition) is 0. The van der Waals surface area contributed by atoms with E-state index in [9.17, 15) is 0 Å². The molecule has 0 aromatic rings. The van der Waals surface area contributed by atoms with Gasteiger partial charge in [-0.05, 0) is 62.9 Å². The summed E-state index contributed by atoms with van der Waals surface area (Å²) in [6.07, 6.45) is 8.62. The molecule has 0 aromatic carbocycles. The molecule has 0 N–H and O–H groups in total. The van der Waals surface area contributed by atoms with E-state index in [1.54, 1.807) is 0 Å². The molecule has 1 aliphatic heterocycles. The zero-order chi connectivity index (χ0) is 18.9. The summed E-state index contributed by atoms with van der Waals surface area (Å²) in [5, 5.41) is 0. The zero-order valence-corrected chi connectivity index (χ0v) is 18.8. The third-order valence-electron chi connectivity index (χ3n) is 4.64. The van der Waals surface area contributed by atoms with E-state index in [1.807, 2.05) is 55.4 Å². The molecular weight excluding hydrogens is 278 g/mol. The maximum Gasteiger partial charge on any atom is 0.00956 e. The van der Waals surface area contributed by atoms with Crippen molar-refractivity contribution >= 4 is 0 Å². The first-order valence-electron chi connectivity index (χ1n) is 10.8. The molecule has 2 rings (SSSR count). The summed E-state index contributed by atoms with van der Waals surface area (Å²) in [5.74, 6) is 0.973. The monoisotopic (exact) mass is 329 g/mol. The molecule has 0 spiro atoms. The molecule has 1 saturated heterocycles. The molecule has 1 heterocycles. The van der Waals surface area contributed by atoms with Crippen molar-refractivity contribution in [2.24, 2.45) is 11.3 Å². The van der Waals surface area contributed by atoms with Gasteiger partial charge in [0.2, 0.25) is 0 Å². The van der Waals surface area contributed by atoms with E-state index in [0.717, 1.165) is 12.0 Å². The Morgan fingerprint density at radius 2 is 1.00 bits per heavy atom. The van der Waals surface area contributed by atoms with E-state index in [1.165, 1.54) is 51.6 Å². The van der Waals surface area contributed by atoms with E-state index in [-0.39, 0.29) is 0 Å². The maximum atomic E-state index is 2.77. The smallest absolute Gasteiger partial charge is 0.00956 e. The highest BCUT2D eigenvalue weighted by atomic mass is 15.2. The van der Waals surface area contributed by atoms with Crippen LogP contribution >= 0.6 is 0 Å². The summed E-state index contributed by atoms with van der Waals surface area (Å²) in [7, 11) is 0. The Balaban J connectivity index is -0.000000438. The Morgan fingerprint density at radius 3 is 1.35 bits per heavy atom. The molecule has 1 nitrogen and oxygen atoms in total. The zero-order valence-electron chi connectivity index (χ0n) is 18.8. The van der Waals surface area contributed by atoms with Crippen LogP contribution < -0.4 is 0 Å². The number of piperidine rings is 1. The Hall–Kier alpha value is -0.0400. The van der Waals surface area contributed by atoms with Gasteiger partial charge in [0.05, 0.1) is 0 Å². The topological polar surface area (TPSA) is 3.24 Å². The van der Waals surface area contributed by atoms with Crippen LogP contribution in [0.2, 0.25) is 0 Å². The third kappa shape index (κ3) is 13.0. The molecule has 1 saturated carbocycles. The summed E-state index contributed by atoms with van der Waals surface area (Å²) in [6, 6.07) is 0.922. The molecule has 2 aliphatic rings. The van der Waals surface area contributed by atoms with E-state index in [4.69, 9.17) is 0 Å². The lowest BCUT2D eigenvalue weighted by Gasteiger charge is -2.42. The molecule has 0 unspecified atom stereocenters. The predicted molar refractivity (Wildman–Crippen MR) is 111 cm³/mol. The maximum absolute atomic E-state index is 2.77. The molecule has 0 radical (unpaired) electrons. The summed E-state index contributed by atoms with van der Waals surface area (Å²) < 4.78 is 0. The van der Waals surface area contributed by atoms with Crippen molar-refractivity contribution in [1.82, 2.24) is 4.90 Å². The fourth-order valence-electron chi connectivity index (χ4n) is 3.14. The van der Waals surface area contributed by atoms with Crippen LogP contribution in [0, 0.1) is 11.3 Å². The Kier molecular flexibility index (Phi) is 22.1. The largest absolute Gasteiger partial charge is 0.300 e. The van der Waals surface area contributed by atoms with Crippen LogP contribution in [0.3, 0.4) is 0 Å². The highest BCUT2D eigenvalue weighted by Gasteiger charge is 2.31. The third-order valence-corrected chi connectivity index (χ3v) is 4.64. The van der Waals surface area contributed by atoms with Gasteiger partial charge in [-0.15, -0.1) is 0 Å². The lowest BCUT2D eigenvalue weighted by atomic mass is 9.75. The fraction of sp³-hybridized carbons (Fsp3) is 1.00. The first-order valence-corrected chi connectivity index (χ1v) is 10.8. The first kappa shape index (κ1) is 27.8. The van der Waals surface area contributed by atoms with Gasteiger partial charge < -0.3 is 4.90 Å². The second-order valence-corrected chi connectivity index (χ2v) is 6.61. The van der Waals surface area contributed by atoms with Crippen LogP contribution in [0.15, 0.2) is 0 Å².